The van der Waals surface area contributed by atoms with Gasteiger partial charge in [-0.05, 0) is 42.5 Å². The highest BCUT2D eigenvalue weighted by molar-refractivity contribution is 7.38. The molecule has 0 nitrogen and oxygen atoms in total. The highest BCUT2D eigenvalue weighted by atomic mass is 32.1. The Hall–Kier alpha value is 0.130. The van der Waals surface area contributed by atoms with Crippen LogP contribution in [0, 0.1) is 0 Å². The first-order valence-corrected chi connectivity index (χ1v) is 8.00. The molecule has 0 aromatic carbocycles. The van der Waals surface area contributed by atoms with E-state index in [1.807, 2.05) is 11.3 Å². The van der Waals surface area contributed by atoms with Crippen molar-refractivity contribution in [2.24, 2.45) is 0 Å². The van der Waals surface area contributed by atoms with Crippen molar-refractivity contribution < 1.29 is 0 Å². The molecule has 0 saturated carbocycles. The molecule has 1 aromatic heterocycles. The lowest BCUT2D eigenvalue weighted by atomic mass is 10.0. The van der Waals surface area contributed by atoms with Gasteiger partial charge in [-0.1, -0.05) is 25.3 Å². The standard InChI is InChI=1S/C12H19PS/c1-2-4-8-13-10-11(6-3-1)12-7-5-9-14-12/h5,7,9,11,13H,1-4,6,8,10H2. The molecule has 2 atom stereocenters. The fourth-order valence-corrected chi connectivity index (χ4v) is 4.63. The van der Waals surface area contributed by atoms with Gasteiger partial charge in [0.1, 0.15) is 0 Å². The van der Waals surface area contributed by atoms with E-state index in [9.17, 15) is 0 Å². The summed E-state index contributed by atoms with van der Waals surface area (Å²) in [5.41, 5.74) is 0. The lowest BCUT2D eigenvalue weighted by Crippen LogP contribution is -1.98. The Labute approximate surface area is 92.9 Å². The zero-order valence-corrected chi connectivity index (χ0v) is 10.5. The van der Waals surface area contributed by atoms with Crippen LogP contribution >= 0.6 is 19.9 Å². The Morgan fingerprint density at radius 3 is 3.00 bits per heavy atom. The van der Waals surface area contributed by atoms with Gasteiger partial charge < -0.3 is 0 Å². The van der Waals surface area contributed by atoms with Gasteiger partial charge in [-0.15, -0.1) is 19.9 Å². The first-order chi connectivity index (χ1) is 6.97. The normalized spacial score (nSPS) is 26.7. The van der Waals surface area contributed by atoms with E-state index in [2.05, 4.69) is 17.5 Å². The Bertz CT molecular complexity index is 233. The van der Waals surface area contributed by atoms with Gasteiger partial charge in [0.25, 0.3) is 0 Å². The van der Waals surface area contributed by atoms with Gasteiger partial charge in [0.2, 0.25) is 0 Å². The van der Waals surface area contributed by atoms with Gasteiger partial charge >= 0.3 is 0 Å². The van der Waals surface area contributed by atoms with Crippen molar-refractivity contribution in [1.82, 2.24) is 0 Å². The van der Waals surface area contributed by atoms with Crippen molar-refractivity contribution in [3.63, 3.8) is 0 Å². The van der Waals surface area contributed by atoms with Crippen LogP contribution in [0.4, 0.5) is 0 Å². The summed E-state index contributed by atoms with van der Waals surface area (Å²) in [7, 11) is 1.21. The third-order valence-electron chi connectivity index (χ3n) is 2.99. The Kier molecular flexibility index (Phi) is 4.47. The fourth-order valence-electron chi connectivity index (χ4n) is 2.14. The molecule has 1 fully saturated rings. The molecule has 1 saturated heterocycles. The highest BCUT2D eigenvalue weighted by Gasteiger charge is 2.13. The lowest BCUT2D eigenvalue weighted by Gasteiger charge is -2.13. The van der Waals surface area contributed by atoms with Crippen molar-refractivity contribution in [2.75, 3.05) is 12.3 Å². The average Bonchev–Trinajstić information content (AvgIpc) is 2.75. The zero-order valence-electron chi connectivity index (χ0n) is 8.67. The minimum absolute atomic E-state index is 0.895. The predicted molar refractivity (Wildman–Crippen MR) is 68.2 cm³/mol. The summed E-state index contributed by atoms with van der Waals surface area (Å²) < 4.78 is 0. The molecular formula is C12H19PS. The van der Waals surface area contributed by atoms with Crippen molar-refractivity contribution in [1.29, 1.82) is 0 Å². The molecule has 0 amide bonds. The van der Waals surface area contributed by atoms with Crippen LogP contribution in [0.25, 0.3) is 0 Å². The summed E-state index contributed by atoms with van der Waals surface area (Å²) >= 11 is 1.96. The Morgan fingerprint density at radius 2 is 2.14 bits per heavy atom. The van der Waals surface area contributed by atoms with Crippen LogP contribution in [0.5, 0.6) is 0 Å². The molecule has 2 unspecified atom stereocenters. The monoisotopic (exact) mass is 226 g/mol. The predicted octanol–water partition coefficient (Wildman–Crippen LogP) is 4.47. The molecule has 14 heavy (non-hydrogen) atoms. The van der Waals surface area contributed by atoms with Gasteiger partial charge in [0, 0.05) is 4.88 Å². The van der Waals surface area contributed by atoms with Crippen LogP contribution in [0.1, 0.15) is 42.9 Å². The summed E-state index contributed by atoms with van der Waals surface area (Å²) in [6.45, 7) is 0. The maximum absolute atomic E-state index is 2.33. The van der Waals surface area contributed by atoms with Crippen LogP contribution in [0.3, 0.4) is 0 Å². The van der Waals surface area contributed by atoms with Crippen LogP contribution < -0.4 is 0 Å². The van der Waals surface area contributed by atoms with Gasteiger partial charge in [0.15, 0.2) is 0 Å². The summed E-state index contributed by atoms with van der Waals surface area (Å²) in [6, 6.07) is 4.54. The third-order valence-corrected chi connectivity index (χ3v) is 5.52. The van der Waals surface area contributed by atoms with Crippen molar-refractivity contribution in [2.45, 2.75) is 38.0 Å². The maximum Gasteiger partial charge on any atom is 0.00795 e. The van der Waals surface area contributed by atoms with Crippen molar-refractivity contribution >= 4 is 19.9 Å². The van der Waals surface area contributed by atoms with Gasteiger partial charge in [-0.2, -0.15) is 0 Å². The first kappa shape index (κ1) is 10.6. The molecule has 1 aliphatic rings. The summed E-state index contributed by atoms with van der Waals surface area (Å²) in [6.07, 6.45) is 10.3. The van der Waals surface area contributed by atoms with E-state index in [0.29, 0.717) is 0 Å². The molecular weight excluding hydrogens is 207 g/mol. The van der Waals surface area contributed by atoms with E-state index in [0.717, 1.165) is 5.92 Å². The van der Waals surface area contributed by atoms with E-state index in [1.54, 1.807) is 4.88 Å². The number of thiophene rings is 1. The van der Waals surface area contributed by atoms with E-state index in [-0.39, 0.29) is 0 Å². The number of hydrogen-bond donors (Lipinski definition) is 0. The average molecular weight is 226 g/mol. The topological polar surface area (TPSA) is 0 Å². The molecule has 0 N–H and O–H groups in total. The van der Waals surface area contributed by atoms with Crippen LogP contribution in [0.2, 0.25) is 0 Å². The van der Waals surface area contributed by atoms with Gasteiger partial charge in [0.05, 0.1) is 0 Å². The fraction of sp³-hybridized carbons (Fsp3) is 0.667. The summed E-state index contributed by atoms with van der Waals surface area (Å²) in [5.74, 6) is 0.895. The second-order valence-electron chi connectivity index (χ2n) is 4.12. The quantitative estimate of drug-likeness (QED) is 0.620. The maximum atomic E-state index is 2.33. The van der Waals surface area contributed by atoms with Crippen molar-refractivity contribution in [3.05, 3.63) is 22.4 Å². The molecule has 78 valence electrons. The van der Waals surface area contributed by atoms with Crippen LogP contribution in [0.15, 0.2) is 17.5 Å². The third kappa shape index (κ3) is 3.07. The van der Waals surface area contributed by atoms with E-state index >= 15 is 0 Å². The molecule has 0 radical (unpaired) electrons. The molecule has 2 rings (SSSR count). The number of rotatable bonds is 1. The number of hydrogen-bond acceptors (Lipinski definition) is 1. The first-order valence-electron chi connectivity index (χ1n) is 5.71. The second kappa shape index (κ2) is 5.88. The van der Waals surface area contributed by atoms with E-state index < -0.39 is 0 Å². The minimum Gasteiger partial charge on any atom is -0.149 e. The van der Waals surface area contributed by atoms with Gasteiger partial charge in [-0.3, -0.25) is 0 Å². The smallest absolute Gasteiger partial charge is 0.00795 e. The molecule has 0 aliphatic carbocycles. The molecule has 2 heterocycles. The Balaban J connectivity index is 1.94. The zero-order chi connectivity index (χ0) is 9.64. The molecule has 1 aliphatic heterocycles. The molecule has 1 aromatic rings. The SMILES string of the molecule is c1csc(C2CCCCCCPC2)c1. The van der Waals surface area contributed by atoms with Gasteiger partial charge in [-0.25, -0.2) is 0 Å². The van der Waals surface area contributed by atoms with Crippen LogP contribution in [-0.2, 0) is 0 Å². The Morgan fingerprint density at radius 1 is 1.21 bits per heavy atom. The molecule has 0 spiro atoms. The lowest BCUT2D eigenvalue weighted by molar-refractivity contribution is 0.597. The summed E-state index contributed by atoms with van der Waals surface area (Å²) in [5, 5.41) is 2.23. The summed E-state index contributed by atoms with van der Waals surface area (Å²) in [4.78, 5) is 1.64. The van der Waals surface area contributed by atoms with Crippen molar-refractivity contribution in [3.8, 4) is 0 Å². The highest BCUT2D eigenvalue weighted by Crippen LogP contribution is 2.33. The van der Waals surface area contributed by atoms with Crippen LogP contribution in [-0.4, -0.2) is 12.3 Å². The van der Waals surface area contributed by atoms with E-state index in [1.165, 1.54) is 53.0 Å². The molecule has 2 heteroatoms. The molecule has 0 bridgehead atoms. The minimum atomic E-state index is 0.895. The largest absolute Gasteiger partial charge is 0.149 e. The second-order valence-corrected chi connectivity index (χ2v) is 6.51. The van der Waals surface area contributed by atoms with E-state index in [4.69, 9.17) is 0 Å².